The van der Waals surface area contributed by atoms with Crippen LogP contribution in [0.5, 0.6) is 0 Å². The van der Waals surface area contributed by atoms with Crippen LogP contribution in [0.15, 0.2) is 124 Å². The molecule has 0 aromatic heterocycles. The van der Waals surface area contributed by atoms with E-state index in [1.54, 1.807) is 48.5 Å². The summed E-state index contributed by atoms with van der Waals surface area (Å²) in [6.07, 6.45) is 1.63. The molecule has 0 heterocycles. The molecule has 0 aliphatic rings. The molecule has 4 aromatic carbocycles. The average Bonchev–Trinajstić information content (AvgIpc) is 2.95. The van der Waals surface area contributed by atoms with E-state index in [1.807, 2.05) is 73.7 Å². The van der Waals surface area contributed by atoms with E-state index in [1.165, 1.54) is 11.8 Å². The van der Waals surface area contributed by atoms with Crippen LogP contribution in [0.2, 0.25) is 0 Å². The van der Waals surface area contributed by atoms with Crippen molar-refractivity contribution in [3.05, 3.63) is 130 Å². The van der Waals surface area contributed by atoms with Gasteiger partial charge in [0.15, 0.2) is 0 Å². The number of rotatable bonds is 9. The fourth-order valence-electron chi connectivity index (χ4n) is 3.54. The Morgan fingerprint density at radius 1 is 0.769 bits per heavy atom. The molecule has 1 unspecified atom stereocenters. The van der Waals surface area contributed by atoms with Gasteiger partial charge in [-0.2, -0.15) is 0 Å². The van der Waals surface area contributed by atoms with E-state index >= 15 is 0 Å². The van der Waals surface area contributed by atoms with E-state index in [2.05, 4.69) is 31.9 Å². The summed E-state index contributed by atoms with van der Waals surface area (Å²) in [6.45, 7) is 1.82. The van der Waals surface area contributed by atoms with Gasteiger partial charge < -0.3 is 16.0 Å². The smallest absolute Gasteiger partial charge is 0.272 e. The minimum atomic E-state index is -0.466. The molecule has 0 spiro atoms. The average molecular weight is 601 g/mol. The summed E-state index contributed by atoms with van der Waals surface area (Å²) in [5, 5.41) is 8.14. The van der Waals surface area contributed by atoms with Gasteiger partial charge in [0.25, 0.3) is 11.8 Å². The van der Waals surface area contributed by atoms with E-state index in [9.17, 15) is 14.4 Å². The molecule has 0 radical (unpaired) electrons. The lowest BCUT2D eigenvalue weighted by Crippen LogP contribution is -2.30. The van der Waals surface area contributed by atoms with Gasteiger partial charge >= 0.3 is 0 Å². The first-order chi connectivity index (χ1) is 18.9. The van der Waals surface area contributed by atoms with E-state index < -0.39 is 5.91 Å². The van der Waals surface area contributed by atoms with E-state index in [0.717, 1.165) is 14.9 Å². The van der Waals surface area contributed by atoms with Crippen molar-refractivity contribution in [2.45, 2.75) is 17.1 Å². The summed E-state index contributed by atoms with van der Waals surface area (Å²) in [7, 11) is 0. The number of halogens is 1. The van der Waals surface area contributed by atoms with Crippen LogP contribution in [0.25, 0.3) is 6.08 Å². The van der Waals surface area contributed by atoms with Crippen LogP contribution in [-0.2, 0) is 9.59 Å². The predicted molar refractivity (Wildman–Crippen MR) is 161 cm³/mol. The van der Waals surface area contributed by atoms with Crippen LogP contribution >= 0.6 is 27.7 Å². The van der Waals surface area contributed by atoms with Gasteiger partial charge in [0.05, 0.1) is 5.25 Å². The van der Waals surface area contributed by atoms with Crippen molar-refractivity contribution in [1.29, 1.82) is 0 Å². The maximum absolute atomic E-state index is 13.3. The lowest BCUT2D eigenvalue weighted by atomic mass is 10.1. The van der Waals surface area contributed by atoms with Crippen molar-refractivity contribution in [2.24, 2.45) is 0 Å². The van der Waals surface area contributed by atoms with Crippen LogP contribution in [0, 0.1) is 0 Å². The van der Waals surface area contributed by atoms with E-state index in [-0.39, 0.29) is 22.8 Å². The third-order valence-corrected chi connectivity index (χ3v) is 7.15. The Kier molecular flexibility index (Phi) is 9.72. The van der Waals surface area contributed by atoms with Crippen molar-refractivity contribution in [1.82, 2.24) is 5.32 Å². The third-order valence-electron chi connectivity index (χ3n) is 5.53. The van der Waals surface area contributed by atoms with Gasteiger partial charge in [0.2, 0.25) is 5.91 Å². The Labute approximate surface area is 240 Å². The van der Waals surface area contributed by atoms with Crippen molar-refractivity contribution in [3.8, 4) is 0 Å². The summed E-state index contributed by atoms with van der Waals surface area (Å²) >= 11 is 4.76. The molecule has 8 heteroatoms. The predicted octanol–water partition coefficient (Wildman–Crippen LogP) is 6.98. The Morgan fingerprint density at radius 3 is 2.13 bits per heavy atom. The highest BCUT2D eigenvalue weighted by Gasteiger charge is 2.17. The maximum atomic E-state index is 13.3. The minimum Gasteiger partial charge on any atom is -0.325 e. The van der Waals surface area contributed by atoms with Crippen molar-refractivity contribution in [2.75, 3.05) is 10.6 Å². The molecular formula is C31H26BrN3O3S. The number of hydrogen-bond acceptors (Lipinski definition) is 4. The lowest BCUT2D eigenvalue weighted by molar-refractivity contribution is -0.115. The second-order valence-electron chi connectivity index (χ2n) is 8.53. The zero-order valence-electron chi connectivity index (χ0n) is 21.1. The van der Waals surface area contributed by atoms with E-state index in [0.29, 0.717) is 16.9 Å². The molecule has 1 atom stereocenters. The Bertz CT molecular complexity index is 1480. The number of thioether (sulfide) groups is 1. The summed E-state index contributed by atoms with van der Waals surface area (Å²) in [4.78, 5) is 39.6. The minimum absolute atomic E-state index is 0.107. The fraction of sp³-hybridized carbons (Fsp3) is 0.0645. The zero-order chi connectivity index (χ0) is 27.6. The molecule has 39 heavy (non-hydrogen) atoms. The van der Waals surface area contributed by atoms with Gasteiger partial charge in [-0.05, 0) is 73.2 Å². The number of anilines is 2. The Hall–Kier alpha value is -4.14. The first kappa shape index (κ1) is 27.9. The van der Waals surface area contributed by atoms with Crippen molar-refractivity contribution < 1.29 is 14.4 Å². The fourth-order valence-corrected chi connectivity index (χ4v) is 4.73. The number of nitrogens with one attached hydrogen (secondary N) is 3. The van der Waals surface area contributed by atoms with Gasteiger partial charge in [-0.1, -0.05) is 70.5 Å². The topological polar surface area (TPSA) is 87.3 Å². The highest BCUT2D eigenvalue weighted by molar-refractivity contribution is 9.10. The molecule has 6 nitrogen and oxygen atoms in total. The molecule has 0 aliphatic heterocycles. The van der Waals surface area contributed by atoms with Crippen LogP contribution in [0.1, 0.15) is 22.8 Å². The molecule has 3 N–H and O–H groups in total. The second kappa shape index (κ2) is 13.6. The van der Waals surface area contributed by atoms with Gasteiger partial charge in [0.1, 0.15) is 5.70 Å². The Morgan fingerprint density at radius 2 is 1.44 bits per heavy atom. The SMILES string of the molecule is CC(Sc1cccc(NC(=O)/C(=C/c2ccccc2)NC(=O)c2ccccc2)c1)C(=O)Nc1ccc(Br)cc1. The van der Waals surface area contributed by atoms with Crippen molar-refractivity contribution >= 4 is 62.9 Å². The molecule has 3 amide bonds. The van der Waals surface area contributed by atoms with Crippen LogP contribution < -0.4 is 16.0 Å². The number of carbonyl (C=O) groups excluding carboxylic acids is 3. The number of benzene rings is 4. The molecular weight excluding hydrogens is 574 g/mol. The quantitative estimate of drug-likeness (QED) is 0.143. The molecule has 196 valence electrons. The Balaban J connectivity index is 1.45. The zero-order valence-corrected chi connectivity index (χ0v) is 23.5. The lowest BCUT2D eigenvalue weighted by Gasteiger charge is -2.14. The first-order valence-electron chi connectivity index (χ1n) is 12.1. The molecule has 0 saturated carbocycles. The number of carbonyl (C=O) groups is 3. The standard InChI is InChI=1S/C31H26BrN3O3S/c1-21(29(36)33-25-17-15-24(32)16-18-25)39-27-14-8-13-26(20-27)34-31(38)28(19-22-9-4-2-5-10-22)35-30(37)23-11-6-3-7-12-23/h2-21H,1H3,(H,33,36)(H,34,38)(H,35,37)/b28-19-. The summed E-state index contributed by atoms with van der Waals surface area (Å²) in [5.74, 6) is -0.984. The molecule has 0 fully saturated rings. The largest absolute Gasteiger partial charge is 0.325 e. The summed E-state index contributed by atoms with van der Waals surface area (Å²) in [5.41, 5.74) is 2.57. The molecule has 4 rings (SSSR count). The molecule has 0 aliphatic carbocycles. The molecule has 4 aromatic rings. The maximum Gasteiger partial charge on any atom is 0.272 e. The van der Waals surface area contributed by atoms with Crippen molar-refractivity contribution in [3.63, 3.8) is 0 Å². The molecule has 0 saturated heterocycles. The number of amides is 3. The van der Waals surface area contributed by atoms with Gasteiger partial charge in [-0.25, -0.2) is 0 Å². The van der Waals surface area contributed by atoms with E-state index in [4.69, 9.17) is 0 Å². The van der Waals surface area contributed by atoms with Gasteiger partial charge in [-0.15, -0.1) is 11.8 Å². The summed E-state index contributed by atoms with van der Waals surface area (Å²) < 4.78 is 0.934. The summed E-state index contributed by atoms with van der Waals surface area (Å²) in [6, 6.07) is 32.6. The van der Waals surface area contributed by atoms with Crippen LogP contribution in [-0.4, -0.2) is 23.0 Å². The van der Waals surface area contributed by atoms with Crippen LogP contribution in [0.4, 0.5) is 11.4 Å². The normalized spacial score (nSPS) is 11.8. The number of hydrogen-bond donors (Lipinski definition) is 3. The molecule has 0 bridgehead atoms. The monoisotopic (exact) mass is 599 g/mol. The first-order valence-corrected chi connectivity index (χ1v) is 13.8. The van der Waals surface area contributed by atoms with Crippen LogP contribution in [0.3, 0.4) is 0 Å². The highest BCUT2D eigenvalue weighted by atomic mass is 79.9. The van der Waals surface area contributed by atoms with Gasteiger partial charge in [0, 0.05) is 26.3 Å². The highest BCUT2D eigenvalue weighted by Crippen LogP contribution is 2.27. The third kappa shape index (κ3) is 8.43. The second-order valence-corrected chi connectivity index (χ2v) is 10.9. The van der Waals surface area contributed by atoms with Gasteiger partial charge in [-0.3, -0.25) is 14.4 Å².